The first kappa shape index (κ1) is 21.7. The Morgan fingerprint density at radius 2 is 1.76 bits per heavy atom. The van der Waals surface area contributed by atoms with E-state index in [0.29, 0.717) is 18.2 Å². The Hall–Kier alpha value is -4.10. The van der Waals surface area contributed by atoms with Gasteiger partial charge in [0.05, 0.1) is 19.7 Å². The molecule has 5 aromatic rings. The number of hydrogen-bond donors (Lipinski definition) is 2. The molecule has 0 spiro atoms. The van der Waals surface area contributed by atoms with Crippen molar-refractivity contribution in [3.8, 4) is 17.4 Å². The molecule has 0 fully saturated rings. The summed E-state index contributed by atoms with van der Waals surface area (Å²) in [7, 11) is 3.31. The summed E-state index contributed by atoms with van der Waals surface area (Å²) < 4.78 is 13.1. The van der Waals surface area contributed by atoms with E-state index in [1.165, 1.54) is 0 Å². The van der Waals surface area contributed by atoms with E-state index >= 15 is 0 Å². The van der Waals surface area contributed by atoms with Crippen LogP contribution in [-0.2, 0) is 6.54 Å². The van der Waals surface area contributed by atoms with Crippen LogP contribution in [0.2, 0.25) is 0 Å². The number of fused-ring (bicyclic) bond motifs is 2. The van der Waals surface area contributed by atoms with Crippen molar-refractivity contribution in [1.29, 1.82) is 0 Å². The van der Waals surface area contributed by atoms with E-state index < -0.39 is 0 Å². The molecular weight excluding hydrogens is 426 g/mol. The molecule has 0 amide bonds. The lowest BCUT2D eigenvalue weighted by atomic mass is 10.2. The van der Waals surface area contributed by atoms with Crippen LogP contribution in [0.5, 0.6) is 11.5 Å². The molecule has 3 N–H and O–H groups in total. The number of nitrogens with zero attached hydrogens (tertiary/aromatic N) is 3. The van der Waals surface area contributed by atoms with Gasteiger partial charge in [0.1, 0.15) is 22.8 Å². The molecule has 0 radical (unpaired) electrons. The van der Waals surface area contributed by atoms with Crippen molar-refractivity contribution in [2.75, 3.05) is 19.5 Å². The summed E-state index contributed by atoms with van der Waals surface area (Å²) in [5.41, 5.74) is 10.1. The monoisotopic (exact) mass is 453 g/mol. The Bertz CT molecular complexity index is 1460. The van der Waals surface area contributed by atoms with Crippen LogP contribution in [0.3, 0.4) is 0 Å². The first-order valence-electron chi connectivity index (χ1n) is 11.2. The number of nitrogens with two attached hydrogens (primary N) is 1. The summed E-state index contributed by atoms with van der Waals surface area (Å²) >= 11 is 0. The quantitative estimate of drug-likeness (QED) is 0.351. The fourth-order valence-corrected chi connectivity index (χ4v) is 4.20. The molecule has 5 rings (SSSR count). The molecule has 0 saturated heterocycles. The van der Waals surface area contributed by atoms with Crippen LogP contribution < -0.4 is 20.5 Å². The second-order valence-electron chi connectivity index (χ2n) is 8.19. The van der Waals surface area contributed by atoms with Gasteiger partial charge in [-0.3, -0.25) is 4.57 Å². The van der Waals surface area contributed by atoms with Gasteiger partial charge in [0.15, 0.2) is 0 Å². The van der Waals surface area contributed by atoms with E-state index in [4.69, 9.17) is 25.2 Å². The Labute approximate surface area is 198 Å². The Kier molecular flexibility index (Phi) is 5.77. The molecular formula is C27H27N5O2. The molecule has 2 aromatic heterocycles. The second-order valence-corrected chi connectivity index (χ2v) is 8.19. The van der Waals surface area contributed by atoms with Crippen LogP contribution in [0.1, 0.15) is 24.2 Å². The predicted octanol–water partition coefficient (Wildman–Crippen LogP) is 5.22. The average molecular weight is 454 g/mol. The van der Waals surface area contributed by atoms with Crippen LogP contribution >= 0.6 is 0 Å². The lowest BCUT2D eigenvalue weighted by molar-refractivity contribution is 0.415. The minimum absolute atomic E-state index is 0.226. The molecule has 0 bridgehead atoms. The van der Waals surface area contributed by atoms with Gasteiger partial charge in [0, 0.05) is 29.1 Å². The molecule has 0 aliphatic carbocycles. The van der Waals surface area contributed by atoms with Gasteiger partial charge < -0.3 is 20.5 Å². The number of aromatic nitrogens is 3. The standard InChI is InChI=1S/C27H27N5O2/c1-17(28)23-15-19-14-20(33-2)12-13-22(19)32(23)27-30-25-21(10-7-11-24(25)34-3)26(31-27)29-16-18-8-5-4-6-9-18/h4-15,17H,16,28H2,1-3H3,(H,29,30,31). The maximum absolute atomic E-state index is 6.38. The molecule has 7 nitrogen and oxygen atoms in total. The first-order valence-corrected chi connectivity index (χ1v) is 11.2. The molecule has 0 aliphatic heterocycles. The molecule has 0 saturated carbocycles. The average Bonchev–Trinajstić information content (AvgIpc) is 3.26. The summed E-state index contributed by atoms with van der Waals surface area (Å²) in [5.74, 6) is 2.73. The Morgan fingerprint density at radius 3 is 2.50 bits per heavy atom. The fourth-order valence-electron chi connectivity index (χ4n) is 4.20. The molecule has 2 heterocycles. The van der Waals surface area contributed by atoms with Crippen molar-refractivity contribution in [3.63, 3.8) is 0 Å². The van der Waals surface area contributed by atoms with E-state index in [0.717, 1.165) is 44.6 Å². The van der Waals surface area contributed by atoms with Gasteiger partial charge in [0.25, 0.3) is 0 Å². The van der Waals surface area contributed by atoms with Gasteiger partial charge in [0.2, 0.25) is 5.95 Å². The van der Waals surface area contributed by atoms with E-state index in [-0.39, 0.29) is 6.04 Å². The lowest BCUT2D eigenvalue weighted by Crippen LogP contribution is -2.14. The van der Waals surface area contributed by atoms with Gasteiger partial charge >= 0.3 is 0 Å². The summed E-state index contributed by atoms with van der Waals surface area (Å²) in [4.78, 5) is 9.91. The maximum Gasteiger partial charge on any atom is 0.237 e. The number of nitrogens with one attached hydrogen (secondary N) is 1. The zero-order valence-electron chi connectivity index (χ0n) is 19.4. The number of para-hydroxylation sites is 1. The maximum atomic E-state index is 6.38. The van der Waals surface area contributed by atoms with Crippen LogP contribution in [-0.4, -0.2) is 28.8 Å². The predicted molar refractivity (Wildman–Crippen MR) is 136 cm³/mol. The zero-order chi connectivity index (χ0) is 23.7. The van der Waals surface area contributed by atoms with Gasteiger partial charge in [-0.2, -0.15) is 4.98 Å². The highest BCUT2D eigenvalue weighted by Gasteiger charge is 2.19. The van der Waals surface area contributed by atoms with Crippen LogP contribution in [0, 0.1) is 0 Å². The first-order chi connectivity index (χ1) is 16.6. The van der Waals surface area contributed by atoms with Crippen LogP contribution in [0.25, 0.3) is 27.8 Å². The highest BCUT2D eigenvalue weighted by molar-refractivity contribution is 5.94. The summed E-state index contributed by atoms with van der Waals surface area (Å²) in [5, 5.41) is 5.40. The molecule has 3 aromatic carbocycles. The van der Waals surface area contributed by atoms with Crippen molar-refractivity contribution in [2.45, 2.75) is 19.5 Å². The van der Waals surface area contributed by atoms with Gasteiger partial charge in [-0.1, -0.05) is 36.4 Å². The lowest BCUT2D eigenvalue weighted by Gasteiger charge is -2.16. The topological polar surface area (TPSA) is 87.2 Å². The van der Waals surface area contributed by atoms with E-state index in [1.807, 2.05) is 66.1 Å². The minimum Gasteiger partial charge on any atom is -0.497 e. The highest BCUT2D eigenvalue weighted by atomic mass is 16.5. The van der Waals surface area contributed by atoms with Crippen molar-refractivity contribution in [3.05, 3.63) is 84.1 Å². The SMILES string of the molecule is COc1ccc2c(c1)cc(C(C)N)n2-c1nc(NCc2ccccc2)c2cccc(OC)c2n1. The number of ether oxygens (including phenoxy) is 2. The fraction of sp³-hybridized carbons (Fsp3) is 0.185. The van der Waals surface area contributed by atoms with E-state index in [2.05, 4.69) is 23.5 Å². The van der Waals surface area contributed by atoms with Gasteiger partial charge in [-0.25, -0.2) is 4.98 Å². The molecule has 0 aliphatic rings. The normalized spacial score (nSPS) is 12.1. The summed E-state index contributed by atoms with van der Waals surface area (Å²) in [6.07, 6.45) is 0. The van der Waals surface area contributed by atoms with Crippen LogP contribution in [0.15, 0.2) is 72.8 Å². The second kappa shape index (κ2) is 9.03. The zero-order valence-corrected chi connectivity index (χ0v) is 19.4. The molecule has 1 atom stereocenters. The Morgan fingerprint density at radius 1 is 0.941 bits per heavy atom. The number of benzene rings is 3. The number of hydrogen-bond acceptors (Lipinski definition) is 6. The third kappa shape index (κ3) is 3.91. The van der Waals surface area contributed by atoms with Gasteiger partial charge in [-0.15, -0.1) is 0 Å². The van der Waals surface area contributed by atoms with Crippen molar-refractivity contribution in [1.82, 2.24) is 14.5 Å². The Balaban J connectivity index is 1.72. The molecule has 34 heavy (non-hydrogen) atoms. The minimum atomic E-state index is -0.226. The molecule has 1 unspecified atom stereocenters. The van der Waals surface area contributed by atoms with Gasteiger partial charge in [-0.05, 0) is 48.9 Å². The molecule has 172 valence electrons. The van der Waals surface area contributed by atoms with E-state index in [1.54, 1.807) is 14.2 Å². The van der Waals surface area contributed by atoms with Crippen LogP contribution in [0.4, 0.5) is 5.82 Å². The third-order valence-electron chi connectivity index (χ3n) is 5.90. The summed E-state index contributed by atoms with van der Waals surface area (Å²) in [6, 6.07) is 23.9. The smallest absolute Gasteiger partial charge is 0.237 e. The number of methoxy groups -OCH3 is 2. The number of anilines is 1. The van der Waals surface area contributed by atoms with E-state index in [9.17, 15) is 0 Å². The van der Waals surface area contributed by atoms with Crippen molar-refractivity contribution in [2.24, 2.45) is 5.73 Å². The molecule has 7 heteroatoms. The van der Waals surface area contributed by atoms with Crippen molar-refractivity contribution >= 4 is 27.6 Å². The number of rotatable bonds is 7. The summed E-state index contributed by atoms with van der Waals surface area (Å²) in [6.45, 7) is 2.59. The highest BCUT2D eigenvalue weighted by Crippen LogP contribution is 2.33. The third-order valence-corrected chi connectivity index (χ3v) is 5.90. The largest absolute Gasteiger partial charge is 0.497 e. The van der Waals surface area contributed by atoms with Crippen molar-refractivity contribution < 1.29 is 9.47 Å².